The van der Waals surface area contributed by atoms with Gasteiger partial charge in [-0.15, -0.1) is 5.06 Å². The lowest BCUT2D eigenvalue weighted by atomic mass is 10.1. The Morgan fingerprint density at radius 1 is 0.654 bits per heavy atom. The maximum Gasteiger partial charge on any atom is 0.333 e. The molecule has 0 aromatic heterocycles. The highest BCUT2D eigenvalue weighted by Gasteiger charge is 2.39. The van der Waals surface area contributed by atoms with Gasteiger partial charge in [-0.3, -0.25) is 39.0 Å². The van der Waals surface area contributed by atoms with Gasteiger partial charge in [-0.1, -0.05) is 36.4 Å². The van der Waals surface area contributed by atoms with Crippen LogP contribution >= 0.6 is 11.8 Å². The molecule has 0 spiro atoms. The van der Waals surface area contributed by atoms with Gasteiger partial charge in [0.25, 0.3) is 23.6 Å². The lowest BCUT2D eigenvalue weighted by Crippen LogP contribution is -2.39. The van der Waals surface area contributed by atoms with E-state index in [1.807, 2.05) is 67.0 Å². The number of hydrogen-bond donors (Lipinski definition) is 0. The highest BCUT2D eigenvalue weighted by molar-refractivity contribution is 8.00. The Morgan fingerprint density at radius 3 is 1.70 bits per heavy atom. The fraction of sp³-hybridized carbons (Fsp3) is 0.393. The molecule has 10 rings (SSSR count). The van der Waals surface area contributed by atoms with E-state index in [1.165, 1.54) is 0 Å². The lowest BCUT2D eigenvalue weighted by molar-refractivity contribution is -0.197. The van der Waals surface area contributed by atoms with Crippen LogP contribution in [0.15, 0.2) is 101 Å². The van der Waals surface area contributed by atoms with Crippen molar-refractivity contribution in [2.75, 3.05) is 87.9 Å². The molecule has 5 aromatic carbocycles. The summed E-state index contributed by atoms with van der Waals surface area (Å²) in [6, 6.07) is 28.4. The Hall–Kier alpha value is -7.78. The maximum absolute atomic E-state index is 14.2. The number of thioether (sulfide) groups is 1. The second-order valence-corrected chi connectivity index (χ2v) is 22.5. The zero-order chi connectivity index (χ0) is 56.6. The summed E-state index contributed by atoms with van der Waals surface area (Å²) in [5, 5.41) is 0.579. The number of para-hydroxylation sites is 2. The molecule has 0 aliphatic carbocycles. The molecule has 0 radical (unpaired) electrons. The first-order chi connectivity index (χ1) is 39.3. The Kier molecular flexibility index (Phi) is 17.7. The van der Waals surface area contributed by atoms with Crippen molar-refractivity contribution < 1.29 is 62.0 Å². The number of benzene rings is 5. The number of imide groups is 1. The van der Waals surface area contributed by atoms with E-state index in [1.54, 1.807) is 67.2 Å². The van der Waals surface area contributed by atoms with E-state index >= 15 is 0 Å². The van der Waals surface area contributed by atoms with Gasteiger partial charge in [0.2, 0.25) is 0 Å². The van der Waals surface area contributed by atoms with Gasteiger partial charge in [0.05, 0.1) is 81.8 Å². The second-order valence-electron chi connectivity index (χ2n) is 20.7. The van der Waals surface area contributed by atoms with E-state index < -0.39 is 17.8 Å². The van der Waals surface area contributed by atoms with Gasteiger partial charge in [-0.25, -0.2) is 4.79 Å². The lowest BCUT2D eigenvalue weighted by Gasteiger charge is -2.34. The molecule has 0 unspecified atom stereocenters. The fourth-order valence-electron chi connectivity index (χ4n) is 10.6. The molecular weight excluding hydrogens is 1060 g/mol. The van der Waals surface area contributed by atoms with Crippen LogP contribution in [0.5, 0.6) is 23.0 Å². The Balaban J connectivity index is 0.921. The van der Waals surface area contributed by atoms with E-state index in [2.05, 4.69) is 30.9 Å². The minimum absolute atomic E-state index is 0.0279. The third-order valence-electron chi connectivity index (χ3n) is 14.5. The highest BCUT2D eigenvalue weighted by atomic mass is 32.2. The highest BCUT2D eigenvalue weighted by Crippen LogP contribution is 2.43. The summed E-state index contributed by atoms with van der Waals surface area (Å²) in [5.74, 6) is 0.133. The van der Waals surface area contributed by atoms with Crippen molar-refractivity contribution in [1.29, 1.82) is 0 Å². The number of methoxy groups -OCH3 is 3. The van der Waals surface area contributed by atoms with Crippen molar-refractivity contribution in [2.24, 2.45) is 9.98 Å². The van der Waals surface area contributed by atoms with Crippen molar-refractivity contribution in [3.05, 3.63) is 124 Å². The first-order valence-electron chi connectivity index (χ1n) is 27.1. The number of ether oxygens (including phenoxy) is 7. The van der Waals surface area contributed by atoms with Crippen LogP contribution in [0.2, 0.25) is 0 Å². The Labute approximate surface area is 475 Å². The van der Waals surface area contributed by atoms with Gasteiger partial charge in [-0.05, 0) is 90.7 Å². The maximum atomic E-state index is 14.2. The predicted molar refractivity (Wildman–Crippen MR) is 308 cm³/mol. The normalized spacial score (nSPS) is 16.8. The minimum Gasteiger partial charge on any atom is -0.493 e. The summed E-state index contributed by atoms with van der Waals surface area (Å²) >= 11 is 1.68. The van der Waals surface area contributed by atoms with Gasteiger partial charge in [0.15, 0.2) is 23.0 Å². The zero-order valence-corrected chi connectivity index (χ0v) is 47.0. The second kappa shape index (κ2) is 25.3. The SMILES string of the molecule is COCCOCCOCCN(CC(C)(C)SCCCC(=O)ON1C(=O)CCC1=O)c1cc(COc2cc3c(cc2OC)C(=O)N2c4ccccc4C[C@H]2C=N3)cc(COc2cc3c(cc2OC)C(=O)N2c4ccccc4C[C@H]2C=N3)c1. The monoisotopic (exact) mass is 1120 g/mol. The minimum atomic E-state index is -0.636. The van der Waals surface area contributed by atoms with E-state index in [0.717, 1.165) is 39.3 Å². The van der Waals surface area contributed by atoms with E-state index in [9.17, 15) is 24.0 Å². The number of aliphatic imine (C=N–C) groups is 2. The van der Waals surface area contributed by atoms with Crippen LogP contribution in [0.3, 0.4) is 0 Å². The van der Waals surface area contributed by atoms with Crippen LogP contribution in [0.4, 0.5) is 28.4 Å². The molecular formula is C61H66N6O13S. The number of anilines is 3. The number of fused-ring (bicyclic) bond motifs is 8. The first-order valence-corrected chi connectivity index (χ1v) is 28.1. The molecule has 1 saturated heterocycles. The van der Waals surface area contributed by atoms with Gasteiger partial charge < -0.3 is 42.9 Å². The molecule has 0 bridgehead atoms. The average molecular weight is 1120 g/mol. The van der Waals surface area contributed by atoms with Crippen molar-refractivity contribution in [2.45, 2.75) is 82.4 Å². The largest absolute Gasteiger partial charge is 0.493 e. The molecule has 1 fully saturated rings. The topological polar surface area (TPSA) is 197 Å². The quantitative estimate of drug-likeness (QED) is 0.0376. The number of rotatable bonds is 26. The molecule has 5 aliphatic rings. The van der Waals surface area contributed by atoms with Crippen LogP contribution < -0.4 is 33.6 Å². The number of hydrogen-bond acceptors (Lipinski definition) is 17. The molecule has 5 aromatic rings. The average Bonchev–Trinajstić information content (AvgIpc) is 4.22. The smallest absolute Gasteiger partial charge is 0.333 e. The van der Waals surface area contributed by atoms with Crippen LogP contribution in [-0.4, -0.2) is 137 Å². The number of amides is 4. The summed E-state index contributed by atoms with van der Waals surface area (Å²) in [5.41, 5.74) is 8.09. The Morgan fingerprint density at radius 2 is 1.17 bits per heavy atom. The summed E-state index contributed by atoms with van der Waals surface area (Å²) in [6.07, 6.45) is 5.52. The summed E-state index contributed by atoms with van der Waals surface area (Å²) in [7, 11) is 4.71. The molecule has 81 heavy (non-hydrogen) atoms. The third-order valence-corrected chi connectivity index (χ3v) is 15.9. The van der Waals surface area contributed by atoms with Crippen molar-refractivity contribution in [3.8, 4) is 23.0 Å². The van der Waals surface area contributed by atoms with Crippen LogP contribution in [0.1, 0.15) is 82.5 Å². The molecule has 4 amide bonds. The molecule has 0 N–H and O–H groups in total. The van der Waals surface area contributed by atoms with Crippen molar-refractivity contribution in [1.82, 2.24) is 5.06 Å². The fourth-order valence-corrected chi connectivity index (χ4v) is 11.7. The number of carbonyl (C=O) groups excluding carboxylic acids is 5. The van der Waals surface area contributed by atoms with Gasteiger partial charge >= 0.3 is 5.97 Å². The molecule has 5 heterocycles. The molecule has 5 aliphatic heterocycles. The van der Waals surface area contributed by atoms with Crippen molar-refractivity contribution in [3.63, 3.8) is 0 Å². The van der Waals surface area contributed by atoms with Crippen LogP contribution in [-0.2, 0) is 59.5 Å². The van der Waals surface area contributed by atoms with E-state index in [-0.39, 0.29) is 61.1 Å². The van der Waals surface area contributed by atoms with E-state index in [0.29, 0.717) is 122 Å². The van der Waals surface area contributed by atoms with Crippen LogP contribution in [0.25, 0.3) is 0 Å². The first kappa shape index (κ1) is 56.5. The van der Waals surface area contributed by atoms with Gasteiger partial charge in [0.1, 0.15) is 13.2 Å². The summed E-state index contributed by atoms with van der Waals surface area (Å²) < 4.78 is 41.6. The number of nitrogens with zero attached hydrogens (tertiary/aromatic N) is 6. The molecule has 20 heteroatoms. The summed E-state index contributed by atoms with van der Waals surface area (Å²) in [6.45, 7) is 7.54. The van der Waals surface area contributed by atoms with Crippen LogP contribution in [0, 0.1) is 0 Å². The predicted octanol–water partition coefficient (Wildman–Crippen LogP) is 8.82. The Bertz CT molecular complexity index is 3080. The number of hydroxylamine groups is 2. The third kappa shape index (κ3) is 12.9. The van der Waals surface area contributed by atoms with E-state index in [4.69, 9.17) is 48.0 Å². The molecule has 0 saturated carbocycles. The molecule has 19 nitrogen and oxygen atoms in total. The molecule has 2 atom stereocenters. The standard InChI is InChI=1S/C61H66N6O13S/c1-61(2,81-24-10-15-58(70)80-67-56(68)16-17-57(67)69)38-64(18-19-76-22-23-77-21-20-73-3)43-26-39(36-78-54-32-48-46(30-52(54)74-4)59(71)65-44(34-62-48)28-41-11-6-8-13-50(41)65)25-40(27-43)37-79-55-33-49-47(31-53(55)75-5)60(72)66-45(35-63-49)29-42-12-7-9-14-51(42)66/h6-9,11-14,25-27,30-35,44-45H,10,15-24,28-29,36-38H2,1-5H3/t44-,45-/m0/s1. The van der Waals surface area contributed by atoms with Gasteiger partial charge in [-0.2, -0.15) is 11.8 Å². The zero-order valence-electron chi connectivity index (χ0n) is 46.2. The molecule has 424 valence electrons. The summed E-state index contributed by atoms with van der Waals surface area (Å²) in [4.78, 5) is 85.9. The number of carbonyl (C=O) groups is 5. The van der Waals surface area contributed by atoms with Crippen molar-refractivity contribution >= 4 is 82.2 Å². The van der Waals surface area contributed by atoms with Gasteiger partial charge in [0, 0.05) is 98.7 Å².